The van der Waals surface area contributed by atoms with Crippen molar-refractivity contribution in [2.75, 3.05) is 0 Å². The minimum Gasteiger partial charge on any atom is -0.366 e. The molecule has 4 rings (SSSR count). The van der Waals surface area contributed by atoms with E-state index in [1.807, 2.05) is 0 Å². The van der Waals surface area contributed by atoms with Crippen LogP contribution in [0, 0.1) is 11.3 Å². The molecule has 0 N–H and O–H groups in total. The van der Waals surface area contributed by atoms with E-state index in [2.05, 4.69) is 20.8 Å². The Kier molecular flexibility index (Phi) is 1.55. The van der Waals surface area contributed by atoms with Crippen molar-refractivity contribution in [1.29, 1.82) is 0 Å². The molecule has 2 bridgehead atoms. The first-order valence-corrected chi connectivity index (χ1v) is 6.83. The zero-order valence-electron chi connectivity index (χ0n) is 10.6. The summed E-state index contributed by atoms with van der Waals surface area (Å²) in [7, 11) is 0. The molecule has 5 atom stereocenters. The van der Waals surface area contributed by atoms with Gasteiger partial charge in [0.2, 0.25) is 0 Å². The van der Waals surface area contributed by atoms with Gasteiger partial charge in [-0.3, -0.25) is 0 Å². The van der Waals surface area contributed by atoms with Gasteiger partial charge in [-0.2, -0.15) is 0 Å². The highest BCUT2D eigenvalue weighted by Crippen LogP contribution is 2.67. The van der Waals surface area contributed by atoms with Gasteiger partial charge in [-0.15, -0.1) is 0 Å². The molecule has 2 saturated carbocycles. The average molecular weight is 222 g/mol. The topological polar surface area (TPSA) is 21.8 Å². The van der Waals surface area contributed by atoms with E-state index >= 15 is 0 Å². The lowest BCUT2D eigenvalue weighted by molar-refractivity contribution is -0.166. The number of fused-ring (bicyclic) bond motifs is 2. The smallest absolute Gasteiger partial charge is 0.114 e. The highest BCUT2D eigenvalue weighted by molar-refractivity contribution is 5.21. The summed E-state index contributed by atoms with van der Waals surface area (Å²) in [4.78, 5) is 0. The Labute approximate surface area is 97.7 Å². The largest absolute Gasteiger partial charge is 0.366 e. The average Bonchev–Trinajstić information content (AvgIpc) is 2.94. The van der Waals surface area contributed by atoms with Crippen LogP contribution in [-0.2, 0) is 9.47 Å². The molecular weight excluding hydrogens is 200 g/mol. The Balaban J connectivity index is 1.81. The number of rotatable bonds is 0. The van der Waals surface area contributed by atoms with Gasteiger partial charge in [0.05, 0.1) is 11.7 Å². The van der Waals surface area contributed by atoms with Crippen molar-refractivity contribution < 1.29 is 9.47 Å². The zero-order chi connectivity index (χ0) is 11.2. The molecule has 2 aliphatic carbocycles. The van der Waals surface area contributed by atoms with Crippen molar-refractivity contribution in [3.8, 4) is 0 Å². The lowest BCUT2D eigenvalue weighted by atomic mass is 9.56. The monoisotopic (exact) mass is 222 g/mol. The van der Waals surface area contributed by atoms with Gasteiger partial charge in [0.25, 0.3) is 0 Å². The van der Waals surface area contributed by atoms with Crippen LogP contribution >= 0.6 is 0 Å². The van der Waals surface area contributed by atoms with Crippen LogP contribution in [0.25, 0.3) is 0 Å². The Bertz CT molecular complexity index is 351. The van der Waals surface area contributed by atoms with Crippen LogP contribution in [-0.4, -0.2) is 23.4 Å². The standard InChI is InChI=1S/C14H22O2/c1-12(2)9-4-6-13(3)7-5-10-11(15-10)14(13,8-9)16-12/h9-11H,4-8H2,1-3H3/t9-,10+,11+,13-,14-/m1/s1. The minimum absolute atomic E-state index is 0.0718. The van der Waals surface area contributed by atoms with Crippen LogP contribution < -0.4 is 0 Å². The Morgan fingerprint density at radius 2 is 1.81 bits per heavy atom. The second-order valence-electron chi connectivity index (χ2n) is 7.23. The molecule has 0 aromatic rings. The van der Waals surface area contributed by atoms with Crippen molar-refractivity contribution in [2.45, 2.75) is 76.3 Å². The molecule has 16 heavy (non-hydrogen) atoms. The SMILES string of the molecule is CC1(C)O[C@@]23C[C@H]1CC[C@]2(C)CC[C@@H]1O[C@@H]13. The molecule has 2 saturated heterocycles. The van der Waals surface area contributed by atoms with E-state index in [0.29, 0.717) is 17.6 Å². The molecule has 0 amide bonds. The molecule has 1 spiro atoms. The lowest BCUT2D eigenvalue weighted by Gasteiger charge is -2.50. The Morgan fingerprint density at radius 1 is 1.06 bits per heavy atom. The van der Waals surface area contributed by atoms with E-state index in [1.54, 1.807) is 0 Å². The molecule has 4 fully saturated rings. The van der Waals surface area contributed by atoms with Crippen LogP contribution in [0.3, 0.4) is 0 Å². The van der Waals surface area contributed by atoms with Crippen LogP contribution in [0.1, 0.15) is 52.9 Å². The third-order valence-electron chi connectivity index (χ3n) is 6.07. The molecule has 2 heteroatoms. The second kappa shape index (κ2) is 2.51. The van der Waals surface area contributed by atoms with Crippen LogP contribution in [0.5, 0.6) is 0 Å². The van der Waals surface area contributed by atoms with E-state index in [0.717, 1.165) is 5.92 Å². The second-order valence-corrected chi connectivity index (χ2v) is 7.23. The normalized spacial score (nSPS) is 61.3. The third kappa shape index (κ3) is 0.932. The van der Waals surface area contributed by atoms with Gasteiger partial charge < -0.3 is 9.47 Å². The number of ether oxygens (including phenoxy) is 2. The molecular formula is C14H22O2. The number of hydrogen-bond donors (Lipinski definition) is 0. The Hall–Kier alpha value is -0.0800. The Morgan fingerprint density at radius 3 is 2.62 bits per heavy atom. The van der Waals surface area contributed by atoms with E-state index in [4.69, 9.17) is 9.47 Å². The summed E-state index contributed by atoms with van der Waals surface area (Å²) in [5, 5.41) is 0. The maximum absolute atomic E-state index is 6.60. The zero-order valence-corrected chi connectivity index (χ0v) is 10.6. The molecule has 2 aliphatic heterocycles. The molecule has 0 aromatic heterocycles. The highest BCUT2D eigenvalue weighted by Gasteiger charge is 2.73. The van der Waals surface area contributed by atoms with Crippen molar-refractivity contribution in [3.05, 3.63) is 0 Å². The fraction of sp³-hybridized carbons (Fsp3) is 1.00. The fourth-order valence-electron chi connectivity index (χ4n) is 4.82. The van der Waals surface area contributed by atoms with Crippen LogP contribution in [0.15, 0.2) is 0 Å². The minimum atomic E-state index is 0.0718. The van der Waals surface area contributed by atoms with Crippen molar-refractivity contribution in [3.63, 3.8) is 0 Å². The van der Waals surface area contributed by atoms with E-state index in [-0.39, 0.29) is 11.2 Å². The molecule has 4 aliphatic rings. The molecule has 90 valence electrons. The molecule has 2 nitrogen and oxygen atoms in total. The molecule has 0 radical (unpaired) electrons. The predicted molar refractivity (Wildman–Crippen MR) is 61.2 cm³/mol. The predicted octanol–water partition coefficient (Wildman–Crippen LogP) is 2.90. The summed E-state index contributed by atoms with van der Waals surface area (Å²) in [5.74, 6) is 0.753. The maximum atomic E-state index is 6.60. The molecule has 0 unspecified atom stereocenters. The van der Waals surface area contributed by atoms with Gasteiger partial charge in [0.1, 0.15) is 11.7 Å². The lowest BCUT2D eigenvalue weighted by Crippen LogP contribution is -2.55. The van der Waals surface area contributed by atoms with E-state index < -0.39 is 0 Å². The van der Waals surface area contributed by atoms with Crippen LogP contribution in [0.4, 0.5) is 0 Å². The van der Waals surface area contributed by atoms with Gasteiger partial charge in [0.15, 0.2) is 0 Å². The van der Waals surface area contributed by atoms with Crippen molar-refractivity contribution in [2.24, 2.45) is 11.3 Å². The fourth-order valence-corrected chi connectivity index (χ4v) is 4.82. The van der Waals surface area contributed by atoms with Crippen LogP contribution in [0.2, 0.25) is 0 Å². The van der Waals surface area contributed by atoms with Crippen molar-refractivity contribution in [1.82, 2.24) is 0 Å². The molecule has 0 aromatic carbocycles. The first kappa shape index (κ1) is 9.90. The van der Waals surface area contributed by atoms with Gasteiger partial charge >= 0.3 is 0 Å². The van der Waals surface area contributed by atoms with Gasteiger partial charge in [-0.1, -0.05) is 6.92 Å². The van der Waals surface area contributed by atoms with Gasteiger partial charge in [-0.05, 0) is 57.3 Å². The summed E-state index contributed by atoms with van der Waals surface area (Å²) < 4.78 is 12.5. The maximum Gasteiger partial charge on any atom is 0.114 e. The summed E-state index contributed by atoms with van der Waals surface area (Å²) in [6.45, 7) is 7.01. The summed E-state index contributed by atoms with van der Waals surface area (Å²) >= 11 is 0. The van der Waals surface area contributed by atoms with Gasteiger partial charge in [0, 0.05) is 0 Å². The third-order valence-corrected chi connectivity index (χ3v) is 6.07. The first-order chi connectivity index (χ1) is 7.47. The quantitative estimate of drug-likeness (QED) is 0.588. The number of epoxide rings is 1. The summed E-state index contributed by atoms with van der Waals surface area (Å²) in [6, 6.07) is 0. The number of hydrogen-bond acceptors (Lipinski definition) is 2. The first-order valence-electron chi connectivity index (χ1n) is 6.83. The van der Waals surface area contributed by atoms with E-state index in [9.17, 15) is 0 Å². The van der Waals surface area contributed by atoms with Crippen molar-refractivity contribution >= 4 is 0 Å². The van der Waals surface area contributed by atoms with E-state index in [1.165, 1.54) is 32.1 Å². The summed E-state index contributed by atoms with van der Waals surface area (Å²) in [5.41, 5.74) is 0.531. The molecule has 2 heterocycles. The summed E-state index contributed by atoms with van der Waals surface area (Å²) in [6.07, 6.45) is 7.46. The van der Waals surface area contributed by atoms with Gasteiger partial charge in [-0.25, -0.2) is 0 Å². The highest BCUT2D eigenvalue weighted by atomic mass is 16.6.